The monoisotopic (exact) mass is 1410 g/mol. The smallest absolute Gasteiger partial charge is 0.0482 e. The van der Waals surface area contributed by atoms with Crippen LogP contribution in [-0.2, 0) is 0 Å². The van der Waals surface area contributed by atoms with Gasteiger partial charge in [0.05, 0.1) is 0 Å². The van der Waals surface area contributed by atoms with Gasteiger partial charge in [0.15, 0.2) is 0 Å². The molecule has 3 aromatic carbocycles. The van der Waals surface area contributed by atoms with Gasteiger partial charge in [-0.15, -0.1) is 0 Å². The first-order valence-electron chi connectivity index (χ1n) is 8.20. The zero-order valence-electron chi connectivity index (χ0n) is 15.2. The third kappa shape index (κ3) is 6.00. The van der Waals surface area contributed by atoms with Crippen molar-refractivity contribution in [2.45, 2.75) is 5.92 Å². The van der Waals surface area contributed by atoms with Gasteiger partial charge in [-0.25, -0.2) is 0 Å². The van der Waals surface area contributed by atoms with E-state index in [-0.39, 0.29) is 5.92 Å². The van der Waals surface area contributed by atoms with Crippen LogP contribution in [-0.4, -0.2) is 0 Å². The van der Waals surface area contributed by atoms with E-state index in [4.69, 9.17) is 0 Å². The van der Waals surface area contributed by atoms with Gasteiger partial charge in [0, 0.05) is 73.0 Å². The quantitative estimate of drug-likeness (QED) is 0.139. The van der Waals surface area contributed by atoms with E-state index in [1.807, 2.05) is 0 Å². The SMILES string of the molecule is Brc1c(Br)c(Br)c(C(c2c(Br)c(Br)c(Br)c(Br)c2Br)c2c(Br)c(Br)c(Br)c(Br)c2Br)c(Br)c1Br. The Labute approximate surface area is 322 Å². The number of rotatable bonds is 3. The minimum atomic E-state index is -0.293. The van der Waals surface area contributed by atoms with E-state index in [0.29, 0.717) is 0 Å². The fourth-order valence-electron chi connectivity index (χ4n) is 3.06. The molecule has 0 aliphatic heterocycles. The van der Waals surface area contributed by atoms with Crippen molar-refractivity contribution in [3.8, 4) is 0 Å². The lowest BCUT2D eigenvalue weighted by molar-refractivity contribution is 0.920. The summed E-state index contributed by atoms with van der Waals surface area (Å²) in [6.45, 7) is 0. The molecular formula is C19HBr15. The summed E-state index contributed by atoms with van der Waals surface area (Å²) in [4.78, 5) is 0. The van der Waals surface area contributed by atoms with Crippen LogP contribution in [0.5, 0.6) is 0 Å². The minimum absolute atomic E-state index is 0.293. The zero-order valence-corrected chi connectivity index (χ0v) is 39.0. The second kappa shape index (κ2) is 13.4. The number of hydrogen-bond donors (Lipinski definition) is 0. The van der Waals surface area contributed by atoms with E-state index in [1.54, 1.807) is 0 Å². The Bertz CT molecular complexity index is 1110. The van der Waals surface area contributed by atoms with Crippen molar-refractivity contribution >= 4 is 239 Å². The largest absolute Gasteiger partial charge is 0.0492 e. The molecule has 0 radical (unpaired) electrons. The van der Waals surface area contributed by atoms with Gasteiger partial charge in [-0.05, 0) is 256 Å². The second-order valence-corrected chi connectivity index (χ2v) is 18.3. The Morgan fingerprint density at radius 2 is 0.324 bits per heavy atom. The predicted octanol–water partition coefficient (Wildman–Crippen LogP) is 16.3. The third-order valence-corrected chi connectivity index (χ3v) is 23.1. The lowest BCUT2D eigenvalue weighted by Crippen LogP contribution is -2.11. The van der Waals surface area contributed by atoms with Crippen LogP contribution in [0.3, 0.4) is 0 Å². The predicted molar refractivity (Wildman–Crippen MR) is 196 cm³/mol. The van der Waals surface area contributed by atoms with Gasteiger partial charge in [-0.3, -0.25) is 0 Å². The molecule has 0 bridgehead atoms. The van der Waals surface area contributed by atoms with Crippen LogP contribution in [0.2, 0.25) is 0 Å². The van der Waals surface area contributed by atoms with Gasteiger partial charge in [-0.1, -0.05) is 0 Å². The van der Waals surface area contributed by atoms with Gasteiger partial charge < -0.3 is 0 Å². The summed E-state index contributed by atoms with van der Waals surface area (Å²) in [6, 6.07) is 0. The van der Waals surface area contributed by atoms with Crippen LogP contribution in [0, 0.1) is 0 Å². The molecule has 3 aromatic rings. The summed E-state index contributed by atoms with van der Waals surface area (Å²) in [5.41, 5.74) is 2.98. The molecule has 0 amide bonds. The van der Waals surface area contributed by atoms with E-state index < -0.39 is 0 Å². The Balaban J connectivity index is 2.68. The van der Waals surface area contributed by atoms with E-state index in [1.165, 1.54) is 0 Å². The molecule has 0 N–H and O–H groups in total. The third-order valence-electron chi connectivity index (χ3n) is 4.60. The standard InChI is InChI=1S/C19HBr15/c20-5-2(6(21)12(27)17(32)11(5)26)1(3-7(22)13(28)18(33)14(29)8(3)23)4-9(24)15(30)19(34)16(31)10(4)25/h1H. The molecule has 0 spiro atoms. The maximum absolute atomic E-state index is 3.86. The molecule has 0 aromatic heterocycles. The normalized spacial score (nSPS) is 11.6. The van der Waals surface area contributed by atoms with Crippen molar-refractivity contribution in [1.82, 2.24) is 0 Å². The Morgan fingerprint density at radius 1 is 0.206 bits per heavy atom. The van der Waals surface area contributed by atoms with Crippen molar-refractivity contribution < 1.29 is 0 Å². The van der Waals surface area contributed by atoms with Crippen molar-refractivity contribution in [3.63, 3.8) is 0 Å². The van der Waals surface area contributed by atoms with Gasteiger partial charge in [-0.2, -0.15) is 0 Å². The maximum atomic E-state index is 3.86. The molecule has 34 heavy (non-hydrogen) atoms. The van der Waals surface area contributed by atoms with Crippen LogP contribution in [0.15, 0.2) is 67.1 Å². The van der Waals surface area contributed by atoms with Crippen LogP contribution < -0.4 is 0 Å². The Morgan fingerprint density at radius 3 is 0.471 bits per heavy atom. The molecular weight excluding hydrogens is 1430 g/mol. The lowest BCUT2D eigenvalue weighted by Gasteiger charge is -2.29. The van der Waals surface area contributed by atoms with Gasteiger partial charge in [0.2, 0.25) is 0 Å². The van der Waals surface area contributed by atoms with Crippen molar-refractivity contribution in [3.05, 3.63) is 83.8 Å². The number of halogens is 15. The lowest BCUT2D eigenvalue weighted by atomic mass is 9.85. The van der Waals surface area contributed by atoms with Crippen LogP contribution >= 0.6 is 239 Å². The highest BCUT2D eigenvalue weighted by Gasteiger charge is 2.35. The average Bonchev–Trinajstić information content (AvgIpc) is 2.81. The summed E-state index contributed by atoms with van der Waals surface area (Å²) in [5, 5.41) is 0. The highest BCUT2D eigenvalue weighted by molar-refractivity contribution is 9.17. The molecule has 0 aliphatic carbocycles. The highest BCUT2D eigenvalue weighted by atomic mass is 79.9. The fourth-order valence-corrected chi connectivity index (χ4v) is 13.7. The first kappa shape index (κ1) is 33.4. The minimum Gasteiger partial charge on any atom is -0.0492 e. The molecule has 0 saturated heterocycles. The van der Waals surface area contributed by atoms with Crippen molar-refractivity contribution in [2.24, 2.45) is 0 Å². The summed E-state index contributed by atoms with van der Waals surface area (Å²) in [6.07, 6.45) is 0. The molecule has 0 atom stereocenters. The molecule has 0 nitrogen and oxygen atoms in total. The topological polar surface area (TPSA) is 0 Å². The summed E-state index contributed by atoms with van der Waals surface area (Å²) in [7, 11) is 0. The van der Waals surface area contributed by atoms with Crippen LogP contribution in [0.25, 0.3) is 0 Å². The van der Waals surface area contributed by atoms with Crippen LogP contribution in [0.1, 0.15) is 22.6 Å². The highest BCUT2D eigenvalue weighted by Crippen LogP contribution is 2.58. The molecule has 0 saturated carbocycles. The number of benzene rings is 3. The van der Waals surface area contributed by atoms with Crippen molar-refractivity contribution in [1.29, 1.82) is 0 Å². The second-order valence-electron chi connectivity index (χ2n) is 6.38. The summed E-state index contributed by atoms with van der Waals surface area (Å²) < 4.78 is 13.3. The molecule has 15 heteroatoms. The average molecular weight is 1430 g/mol. The first-order valence-corrected chi connectivity index (χ1v) is 20.1. The van der Waals surface area contributed by atoms with Gasteiger partial charge in [0.25, 0.3) is 0 Å². The molecule has 182 valence electrons. The van der Waals surface area contributed by atoms with E-state index >= 15 is 0 Å². The number of hydrogen-bond acceptors (Lipinski definition) is 0. The zero-order chi connectivity index (χ0) is 26.0. The maximum Gasteiger partial charge on any atom is 0.0482 e. The van der Waals surface area contributed by atoms with E-state index in [2.05, 4.69) is 239 Å². The van der Waals surface area contributed by atoms with E-state index in [9.17, 15) is 0 Å². The van der Waals surface area contributed by atoms with Gasteiger partial charge in [0.1, 0.15) is 0 Å². The van der Waals surface area contributed by atoms with Crippen molar-refractivity contribution in [2.75, 3.05) is 0 Å². The molecule has 0 aliphatic rings. The molecule has 0 heterocycles. The molecule has 0 unspecified atom stereocenters. The molecule has 0 fully saturated rings. The van der Waals surface area contributed by atoms with Crippen LogP contribution in [0.4, 0.5) is 0 Å². The fraction of sp³-hybridized carbons (Fsp3) is 0.0526. The summed E-state index contributed by atoms with van der Waals surface area (Å²) >= 11 is 56.6. The Hall–Kier alpha value is 4.86. The first-order chi connectivity index (χ1) is 15.7. The Kier molecular flexibility index (Phi) is 13.2. The van der Waals surface area contributed by atoms with Gasteiger partial charge >= 0.3 is 0 Å². The summed E-state index contributed by atoms with van der Waals surface area (Å²) in [5.74, 6) is -0.293. The van der Waals surface area contributed by atoms with E-state index in [0.717, 1.165) is 83.8 Å². The molecule has 3 rings (SSSR count).